The average Bonchev–Trinajstić information content (AvgIpc) is 2.07. The Labute approximate surface area is 113 Å². The lowest BCUT2D eigenvalue weighted by Gasteiger charge is -2.08. The molecule has 1 rings (SSSR count). The number of benzene rings is 1. The molecule has 0 saturated carbocycles. The van der Waals surface area contributed by atoms with Gasteiger partial charge in [-0.1, -0.05) is 51.3 Å². The molecule has 1 nitrogen and oxygen atoms in total. The fourth-order valence-corrected chi connectivity index (χ4v) is 1.48. The van der Waals surface area contributed by atoms with Gasteiger partial charge in [0.25, 0.3) is 0 Å². The minimum absolute atomic E-state index is 0. The van der Waals surface area contributed by atoms with E-state index in [1.807, 2.05) is 19.1 Å². The van der Waals surface area contributed by atoms with Gasteiger partial charge in [-0.2, -0.15) is 0 Å². The van der Waals surface area contributed by atoms with Crippen LogP contribution in [0.2, 0.25) is 10.0 Å². The second kappa shape index (κ2) is 7.07. The molecule has 80 valence electrons. The van der Waals surface area contributed by atoms with E-state index in [1.54, 1.807) is 6.07 Å². The van der Waals surface area contributed by atoms with Gasteiger partial charge in [-0.25, -0.2) is 0 Å². The summed E-state index contributed by atoms with van der Waals surface area (Å²) in [7, 11) is 0. The van der Waals surface area contributed by atoms with Crippen molar-refractivity contribution in [2.45, 2.75) is 18.4 Å². The van der Waals surface area contributed by atoms with Gasteiger partial charge in [0.1, 0.15) is 0 Å². The van der Waals surface area contributed by atoms with Gasteiger partial charge in [-0.15, -0.1) is 17.0 Å². The van der Waals surface area contributed by atoms with Crippen LogP contribution in [0.3, 0.4) is 0 Å². The van der Waals surface area contributed by atoms with Crippen LogP contribution in [0, 0.1) is 0 Å². The highest BCUT2D eigenvalue weighted by molar-refractivity contribution is 9.09. The largest absolute Gasteiger partial charge is 0.301 e. The van der Waals surface area contributed by atoms with Crippen molar-refractivity contribution in [1.29, 1.82) is 0 Å². The predicted octanol–water partition coefficient (Wildman–Crippen LogP) is 4.40. The van der Waals surface area contributed by atoms with E-state index in [-0.39, 0.29) is 21.9 Å². The van der Waals surface area contributed by atoms with Gasteiger partial charge >= 0.3 is 0 Å². The van der Waals surface area contributed by atoms with Crippen LogP contribution in [-0.2, 0) is 6.54 Å². The molecule has 0 spiro atoms. The van der Waals surface area contributed by atoms with E-state index < -0.39 is 0 Å². The first kappa shape index (κ1) is 14.7. The van der Waals surface area contributed by atoms with Gasteiger partial charge in [0.15, 0.2) is 0 Å². The summed E-state index contributed by atoms with van der Waals surface area (Å²) in [6, 6.07) is 5.63. The van der Waals surface area contributed by atoms with Gasteiger partial charge < -0.3 is 5.32 Å². The smallest absolute Gasteiger partial charge is 0.0637 e. The lowest BCUT2D eigenvalue weighted by molar-refractivity contribution is 0.697. The molecule has 1 N–H and O–H groups in total. The van der Waals surface area contributed by atoms with Crippen molar-refractivity contribution in [2.75, 3.05) is 0 Å². The van der Waals surface area contributed by atoms with Crippen molar-refractivity contribution in [1.82, 2.24) is 5.32 Å². The van der Waals surface area contributed by atoms with E-state index >= 15 is 0 Å². The van der Waals surface area contributed by atoms with E-state index in [2.05, 4.69) is 21.2 Å². The molecule has 0 aromatic heterocycles. The van der Waals surface area contributed by atoms with Crippen LogP contribution in [-0.4, -0.2) is 4.95 Å². The van der Waals surface area contributed by atoms with Crippen LogP contribution in [0.5, 0.6) is 0 Å². The van der Waals surface area contributed by atoms with Crippen LogP contribution in [0.1, 0.15) is 12.5 Å². The zero-order valence-corrected chi connectivity index (χ0v) is 12.4. The molecule has 0 saturated heterocycles. The van der Waals surface area contributed by atoms with Gasteiger partial charge in [0.05, 0.1) is 15.0 Å². The molecule has 0 aliphatic heterocycles. The molecule has 1 atom stereocenters. The van der Waals surface area contributed by atoms with E-state index in [0.29, 0.717) is 16.6 Å². The molecule has 0 aliphatic carbocycles. The van der Waals surface area contributed by atoms with Crippen LogP contribution >= 0.6 is 56.1 Å². The third-order valence-electron chi connectivity index (χ3n) is 1.61. The van der Waals surface area contributed by atoms with Crippen LogP contribution in [0.4, 0.5) is 0 Å². The van der Waals surface area contributed by atoms with Crippen molar-refractivity contribution in [3.05, 3.63) is 33.8 Å². The third kappa shape index (κ3) is 4.49. The number of halogens is 4. The Morgan fingerprint density at radius 3 is 2.64 bits per heavy atom. The van der Waals surface area contributed by atoms with Crippen LogP contribution in [0.15, 0.2) is 18.2 Å². The lowest BCUT2D eigenvalue weighted by atomic mass is 10.2. The second-order valence-corrected chi connectivity index (χ2v) is 4.87. The molecule has 0 aliphatic rings. The minimum Gasteiger partial charge on any atom is -0.301 e. The first-order valence-electron chi connectivity index (χ1n) is 3.91. The van der Waals surface area contributed by atoms with Gasteiger partial charge in [0.2, 0.25) is 0 Å². The highest BCUT2D eigenvalue weighted by Gasteiger charge is 2.04. The van der Waals surface area contributed by atoms with Crippen LogP contribution in [0.25, 0.3) is 0 Å². The highest BCUT2D eigenvalue weighted by Crippen LogP contribution is 2.25. The minimum atomic E-state index is 0. The topological polar surface area (TPSA) is 12.0 Å². The fourth-order valence-electron chi connectivity index (χ4n) is 0.936. The van der Waals surface area contributed by atoms with E-state index in [1.165, 1.54) is 0 Å². The highest BCUT2D eigenvalue weighted by atomic mass is 79.9. The molecule has 1 unspecified atom stereocenters. The summed E-state index contributed by atoms with van der Waals surface area (Å²) < 4.78 is 0. The standard InChI is InChI=1S/C9H10BrCl2N.BrH/c1-6(10)13-5-7-3-2-4-8(11)9(7)12;/h2-4,6,13H,5H2,1H3;1H. The van der Waals surface area contributed by atoms with Gasteiger partial charge in [0, 0.05) is 6.54 Å². The molecule has 1 aromatic carbocycles. The van der Waals surface area contributed by atoms with Crippen molar-refractivity contribution in [3.63, 3.8) is 0 Å². The fraction of sp³-hybridized carbons (Fsp3) is 0.333. The lowest BCUT2D eigenvalue weighted by Crippen LogP contribution is -2.19. The first-order chi connectivity index (χ1) is 6.11. The molecule has 0 radical (unpaired) electrons. The Kier molecular flexibility index (Phi) is 7.43. The quantitative estimate of drug-likeness (QED) is 0.620. The number of hydrogen-bond acceptors (Lipinski definition) is 1. The van der Waals surface area contributed by atoms with E-state index in [0.717, 1.165) is 5.56 Å². The van der Waals surface area contributed by atoms with Crippen molar-refractivity contribution in [2.24, 2.45) is 0 Å². The summed E-state index contributed by atoms with van der Waals surface area (Å²) in [5.74, 6) is 0. The summed E-state index contributed by atoms with van der Waals surface area (Å²) in [6.07, 6.45) is 0. The number of alkyl halides is 1. The zero-order valence-electron chi connectivity index (χ0n) is 7.56. The van der Waals surface area contributed by atoms with Crippen molar-refractivity contribution >= 4 is 56.1 Å². The van der Waals surface area contributed by atoms with Gasteiger partial charge in [-0.05, 0) is 18.6 Å². The molecule has 5 heteroatoms. The number of rotatable bonds is 3. The molecular weight excluding hydrogens is 353 g/mol. The molecule has 0 amide bonds. The molecule has 0 fully saturated rings. The van der Waals surface area contributed by atoms with E-state index in [4.69, 9.17) is 23.2 Å². The summed E-state index contributed by atoms with van der Waals surface area (Å²) >= 11 is 15.2. The maximum Gasteiger partial charge on any atom is 0.0637 e. The Morgan fingerprint density at radius 2 is 2.07 bits per heavy atom. The van der Waals surface area contributed by atoms with Crippen LogP contribution < -0.4 is 5.32 Å². The Morgan fingerprint density at radius 1 is 1.43 bits per heavy atom. The predicted molar refractivity (Wildman–Crippen MR) is 72.0 cm³/mol. The third-order valence-corrected chi connectivity index (χ3v) is 2.79. The average molecular weight is 364 g/mol. The summed E-state index contributed by atoms with van der Waals surface area (Å²) in [5, 5.41) is 4.43. The summed E-state index contributed by atoms with van der Waals surface area (Å²) in [6.45, 7) is 2.73. The zero-order chi connectivity index (χ0) is 9.84. The molecule has 14 heavy (non-hydrogen) atoms. The summed E-state index contributed by atoms with van der Waals surface area (Å²) in [4.78, 5) is 0.266. The maximum absolute atomic E-state index is 5.99. The SMILES string of the molecule is Br.CC(Br)NCc1cccc(Cl)c1Cl. The molecular formula is C9H11Br2Cl2N. The Bertz CT molecular complexity index is 292. The van der Waals surface area contributed by atoms with Crippen molar-refractivity contribution < 1.29 is 0 Å². The number of nitrogens with one attached hydrogen (secondary N) is 1. The molecule has 1 aromatic rings. The van der Waals surface area contributed by atoms with Crippen molar-refractivity contribution in [3.8, 4) is 0 Å². The van der Waals surface area contributed by atoms with Gasteiger partial charge in [-0.3, -0.25) is 0 Å². The molecule has 0 bridgehead atoms. The monoisotopic (exact) mass is 361 g/mol. The Balaban J connectivity index is 0.00000169. The summed E-state index contributed by atoms with van der Waals surface area (Å²) in [5.41, 5.74) is 1.01. The number of hydrogen-bond donors (Lipinski definition) is 1. The molecule has 0 heterocycles. The second-order valence-electron chi connectivity index (χ2n) is 2.71. The Hall–Kier alpha value is 0.720. The first-order valence-corrected chi connectivity index (χ1v) is 5.58. The van der Waals surface area contributed by atoms with E-state index in [9.17, 15) is 0 Å². The normalized spacial score (nSPS) is 12.0. The maximum atomic E-state index is 5.99.